The molecule has 1 unspecified atom stereocenters. The first kappa shape index (κ1) is 9.48. The van der Waals surface area contributed by atoms with E-state index in [1.165, 1.54) is 27.1 Å². The van der Waals surface area contributed by atoms with E-state index < -0.39 is 0 Å². The molecule has 0 amide bonds. The Kier molecular flexibility index (Phi) is 2.10. The van der Waals surface area contributed by atoms with Crippen LogP contribution in [0.5, 0.6) is 0 Å². The zero-order valence-electron chi connectivity index (χ0n) is 8.73. The van der Waals surface area contributed by atoms with Gasteiger partial charge in [0, 0.05) is 15.8 Å². The summed E-state index contributed by atoms with van der Waals surface area (Å²) in [6.45, 7) is 9.62. The van der Waals surface area contributed by atoms with Crippen molar-refractivity contribution in [1.82, 2.24) is 4.57 Å². The average Bonchev–Trinajstić information content (AvgIpc) is 1.91. The predicted octanol–water partition coefficient (Wildman–Crippen LogP) is -0.531. The smallest absolute Gasteiger partial charge is 0.0790 e. The van der Waals surface area contributed by atoms with Gasteiger partial charge in [0.2, 0.25) is 0 Å². The molecule has 0 aromatic heterocycles. The number of hydrogen-bond donors (Lipinski definition) is 0. The molecule has 0 radical (unpaired) electrons. The van der Waals surface area contributed by atoms with Gasteiger partial charge >= 0.3 is 0 Å². The van der Waals surface area contributed by atoms with Gasteiger partial charge in [0.05, 0.1) is 10.4 Å². The number of hydrogen-bond acceptors (Lipinski definition) is 1. The predicted molar refractivity (Wildman–Crippen MR) is 58.0 cm³/mol. The first-order chi connectivity index (χ1) is 4.77. The fraction of sp³-hybridized carbons (Fsp3) is 1.00. The minimum atomic E-state index is 0.488. The molecule has 1 aliphatic rings. The highest BCUT2D eigenvalue weighted by Crippen LogP contribution is 2.43. The van der Waals surface area contributed by atoms with E-state index in [1.807, 2.05) is 0 Å². The van der Waals surface area contributed by atoms with E-state index in [1.54, 1.807) is 0 Å². The second-order valence-electron chi connectivity index (χ2n) is 5.26. The van der Waals surface area contributed by atoms with E-state index in [0.29, 0.717) is 11.0 Å². The van der Waals surface area contributed by atoms with Crippen molar-refractivity contribution in [2.45, 2.75) is 45.3 Å². The summed E-state index contributed by atoms with van der Waals surface area (Å²) in [5, 5.41) is 0. The van der Waals surface area contributed by atoms with Crippen LogP contribution in [0.15, 0.2) is 0 Å². The van der Waals surface area contributed by atoms with Crippen LogP contribution in [-0.2, 0) is 0 Å². The third-order valence-electron chi connectivity index (χ3n) is 3.55. The Morgan fingerprint density at radius 2 is 1.73 bits per heavy atom. The van der Waals surface area contributed by atoms with Gasteiger partial charge in [-0.2, -0.15) is 0 Å². The van der Waals surface area contributed by atoms with Gasteiger partial charge in [0.25, 0.3) is 0 Å². The zero-order chi connectivity index (χ0) is 8.86. The third-order valence-corrected chi connectivity index (χ3v) is 8.91. The Morgan fingerprint density at radius 3 is 1.82 bits per heavy atom. The Morgan fingerprint density at radius 1 is 1.27 bits per heavy atom. The molecule has 0 bridgehead atoms. The van der Waals surface area contributed by atoms with Crippen molar-refractivity contribution in [3.05, 3.63) is 0 Å². The topological polar surface area (TPSA) is 3.24 Å². The summed E-state index contributed by atoms with van der Waals surface area (Å²) in [5.41, 5.74) is 1.98. The molecule has 1 fully saturated rings. The van der Waals surface area contributed by atoms with E-state index in [9.17, 15) is 0 Å². The van der Waals surface area contributed by atoms with Crippen molar-refractivity contribution in [1.29, 1.82) is 0 Å². The molecule has 1 atom stereocenters. The van der Waals surface area contributed by atoms with E-state index in [4.69, 9.17) is 0 Å². The summed E-state index contributed by atoms with van der Waals surface area (Å²) in [6.07, 6.45) is 1.37. The fourth-order valence-corrected chi connectivity index (χ4v) is 4.20. The minimum Gasteiger partial charge on any atom is -0.328 e. The van der Waals surface area contributed by atoms with Crippen LogP contribution in [0.1, 0.15) is 34.1 Å². The summed E-state index contributed by atoms with van der Waals surface area (Å²) < 4.78 is 2.69. The van der Waals surface area contributed by atoms with Crippen LogP contribution in [0, 0.1) is 5.41 Å². The van der Waals surface area contributed by atoms with E-state index in [-0.39, 0.29) is 0 Å². The van der Waals surface area contributed by atoms with Crippen LogP contribution in [0.25, 0.3) is 0 Å². The van der Waals surface area contributed by atoms with Crippen LogP contribution >= 0.6 is 0 Å². The van der Waals surface area contributed by atoms with Crippen molar-refractivity contribution in [2.24, 2.45) is 5.41 Å². The molecule has 0 saturated carbocycles. The van der Waals surface area contributed by atoms with E-state index >= 15 is 0 Å². The Bertz CT molecular complexity index is 147. The Labute approximate surface area is 76.5 Å². The molecule has 0 aromatic carbocycles. The lowest BCUT2D eigenvalue weighted by Gasteiger charge is -2.31. The number of nitrogens with zero attached hydrogens (tertiary/aromatic N) is 1. The molecule has 11 heavy (non-hydrogen) atoms. The maximum absolute atomic E-state index is 2.69. The second kappa shape index (κ2) is 2.44. The molecule has 1 saturated heterocycles. The first-order valence-corrected chi connectivity index (χ1v) is 6.55. The van der Waals surface area contributed by atoms with Gasteiger partial charge in [0.15, 0.2) is 0 Å². The lowest BCUT2D eigenvalue weighted by atomic mass is 9.86. The fourth-order valence-electron chi connectivity index (χ4n) is 2.44. The summed E-state index contributed by atoms with van der Waals surface area (Å²) in [5.74, 6) is 0. The first-order valence-electron chi connectivity index (χ1n) is 4.50. The van der Waals surface area contributed by atoms with Gasteiger partial charge in [-0.3, -0.25) is 0 Å². The monoisotopic (exact) mass is 187 g/mol. The average molecular weight is 187 g/mol. The van der Waals surface area contributed by atoms with Gasteiger partial charge in [-0.1, -0.05) is 13.8 Å². The van der Waals surface area contributed by atoms with Crippen LogP contribution in [0.2, 0.25) is 0 Å². The standard InChI is InChI=1S/C8H21NSi2/c1-7(2)5-8(3,4)9(11)6(7)10/h6H,5H2,1-4,10-11H3. The van der Waals surface area contributed by atoms with Gasteiger partial charge in [-0.25, -0.2) is 0 Å². The molecule has 1 rings (SSSR count). The second-order valence-corrected chi connectivity index (χ2v) is 7.32. The summed E-state index contributed by atoms with van der Waals surface area (Å²) in [7, 11) is 2.56. The Hall–Kier alpha value is 0.394. The van der Waals surface area contributed by atoms with Gasteiger partial charge in [-0.15, -0.1) is 0 Å². The summed E-state index contributed by atoms with van der Waals surface area (Å²) >= 11 is 0. The zero-order valence-corrected chi connectivity index (χ0v) is 12.7. The maximum atomic E-state index is 2.69. The highest BCUT2D eigenvalue weighted by molar-refractivity contribution is 6.17. The largest absolute Gasteiger partial charge is 0.328 e. The molecule has 0 N–H and O–H groups in total. The van der Waals surface area contributed by atoms with Crippen LogP contribution in [-0.4, -0.2) is 36.4 Å². The normalized spacial score (nSPS) is 36.5. The Balaban J connectivity index is 2.86. The van der Waals surface area contributed by atoms with Crippen LogP contribution in [0.4, 0.5) is 0 Å². The lowest BCUT2D eigenvalue weighted by molar-refractivity contribution is 0.290. The molecule has 1 nitrogen and oxygen atoms in total. The van der Waals surface area contributed by atoms with Crippen molar-refractivity contribution >= 4 is 20.6 Å². The highest BCUT2D eigenvalue weighted by Gasteiger charge is 2.45. The van der Waals surface area contributed by atoms with Crippen molar-refractivity contribution in [3.63, 3.8) is 0 Å². The minimum absolute atomic E-state index is 0.488. The molecule has 1 heterocycles. The molecule has 0 spiro atoms. The number of rotatable bonds is 0. The maximum Gasteiger partial charge on any atom is 0.0790 e. The lowest BCUT2D eigenvalue weighted by Crippen LogP contribution is -2.42. The highest BCUT2D eigenvalue weighted by atomic mass is 28.2. The third kappa shape index (κ3) is 1.46. The molecule has 0 aromatic rings. The molecule has 0 aliphatic carbocycles. The van der Waals surface area contributed by atoms with E-state index in [0.717, 1.165) is 5.67 Å². The van der Waals surface area contributed by atoms with E-state index in [2.05, 4.69) is 32.3 Å². The van der Waals surface area contributed by atoms with Gasteiger partial charge in [0.1, 0.15) is 0 Å². The van der Waals surface area contributed by atoms with Gasteiger partial charge in [-0.05, 0) is 31.3 Å². The molecular weight excluding hydrogens is 166 g/mol. The van der Waals surface area contributed by atoms with Gasteiger partial charge < -0.3 is 4.57 Å². The molecule has 66 valence electrons. The quantitative estimate of drug-likeness (QED) is 0.461. The van der Waals surface area contributed by atoms with Crippen LogP contribution in [0.3, 0.4) is 0 Å². The van der Waals surface area contributed by atoms with Crippen molar-refractivity contribution in [3.8, 4) is 0 Å². The molecule has 1 aliphatic heterocycles. The summed E-state index contributed by atoms with van der Waals surface area (Å²) in [6, 6.07) is 0. The summed E-state index contributed by atoms with van der Waals surface area (Å²) in [4.78, 5) is 0. The van der Waals surface area contributed by atoms with Crippen LogP contribution < -0.4 is 0 Å². The van der Waals surface area contributed by atoms with Crippen molar-refractivity contribution in [2.75, 3.05) is 0 Å². The molecule has 3 heteroatoms. The molecular formula is C8H21NSi2. The SMILES string of the molecule is CC1(C)CC(C)(C)N([SiH3])C1[SiH3]. The van der Waals surface area contributed by atoms with Crippen molar-refractivity contribution < 1.29 is 0 Å².